The average molecular weight is 270 g/mol. The van der Waals surface area contributed by atoms with Crippen LogP contribution in [-0.2, 0) is 9.53 Å². The van der Waals surface area contributed by atoms with Crippen LogP contribution in [-0.4, -0.2) is 17.9 Å². The van der Waals surface area contributed by atoms with E-state index in [4.69, 9.17) is 16.3 Å². The number of para-hydroxylation sites is 1. The summed E-state index contributed by atoms with van der Waals surface area (Å²) in [7, 11) is 0. The van der Waals surface area contributed by atoms with E-state index in [1.807, 2.05) is 45.0 Å². The smallest absolute Gasteiger partial charge is 0.242 e. The Morgan fingerprint density at radius 3 is 2.67 bits per heavy atom. The summed E-state index contributed by atoms with van der Waals surface area (Å²) in [6, 6.07) is 7.62. The minimum atomic E-state index is -0.500. The van der Waals surface area contributed by atoms with Crippen molar-refractivity contribution in [2.45, 2.75) is 38.7 Å². The Morgan fingerprint density at radius 2 is 2.06 bits per heavy atom. The second-order valence-electron chi connectivity index (χ2n) is 4.05. The van der Waals surface area contributed by atoms with Gasteiger partial charge in [0.1, 0.15) is 5.38 Å². The maximum absolute atomic E-state index is 11.8. The normalized spacial score (nSPS) is 14.0. The standard InChI is InChI=1S/C14H20ClNO2/c1-4-12(15)14(17)16-13-9-7-6-8-11(13)10(3)18-5-2/h6-10,12H,4-5H2,1-3H3,(H,16,17). The molecule has 0 saturated carbocycles. The summed E-state index contributed by atoms with van der Waals surface area (Å²) in [5.41, 5.74) is 1.73. The molecule has 0 bridgehead atoms. The first kappa shape index (κ1) is 15.0. The van der Waals surface area contributed by atoms with Gasteiger partial charge in [-0.1, -0.05) is 25.1 Å². The molecule has 0 saturated heterocycles. The third-order valence-corrected chi connectivity index (χ3v) is 3.22. The van der Waals surface area contributed by atoms with Gasteiger partial charge in [-0.2, -0.15) is 0 Å². The number of amides is 1. The SMILES string of the molecule is CCOC(C)c1ccccc1NC(=O)C(Cl)CC. The van der Waals surface area contributed by atoms with Crippen molar-refractivity contribution in [3.63, 3.8) is 0 Å². The van der Waals surface area contributed by atoms with Gasteiger partial charge in [-0.3, -0.25) is 4.79 Å². The van der Waals surface area contributed by atoms with Gasteiger partial charge in [-0.15, -0.1) is 11.6 Å². The Balaban J connectivity index is 2.85. The number of ether oxygens (including phenoxy) is 1. The van der Waals surface area contributed by atoms with Gasteiger partial charge in [0, 0.05) is 17.9 Å². The summed E-state index contributed by atoms with van der Waals surface area (Å²) >= 11 is 5.92. The number of anilines is 1. The molecular formula is C14H20ClNO2. The van der Waals surface area contributed by atoms with E-state index in [0.29, 0.717) is 13.0 Å². The summed E-state index contributed by atoms with van der Waals surface area (Å²) in [5.74, 6) is -0.171. The highest BCUT2D eigenvalue weighted by molar-refractivity contribution is 6.32. The maximum atomic E-state index is 11.8. The van der Waals surface area contributed by atoms with Crippen LogP contribution in [0.15, 0.2) is 24.3 Å². The predicted octanol–water partition coefficient (Wildman–Crippen LogP) is 3.74. The Hall–Kier alpha value is -1.06. The molecule has 1 aromatic carbocycles. The monoisotopic (exact) mass is 269 g/mol. The zero-order chi connectivity index (χ0) is 13.5. The first-order chi connectivity index (χ1) is 8.60. The first-order valence-corrected chi connectivity index (χ1v) is 6.69. The van der Waals surface area contributed by atoms with Crippen LogP contribution in [0.2, 0.25) is 0 Å². The van der Waals surface area contributed by atoms with E-state index >= 15 is 0 Å². The number of benzene rings is 1. The molecule has 4 heteroatoms. The molecule has 0 aromatic heterocycles. The van der Waals surface area contributed by atoms with E-state index in [9.17, 15) is 4.79 Å². The van der Waals surface area contributed by atoms with Gasteiger partial charge in [0.2, 0.25) is 5.91 Å². The minimum absolute atomic E-state index is 0.0538. The molecular weight excluding hydrogens is 250 g/mol. The molecule has 0 fully saturated rings. The van der Waals surface area contributed by atoms with Crippen LogP contribution in [0, 0.1) is 0 Å². The van der Waals surface area contributed by atoms with Crippen molar-refractivity contribution < 1.29 is 9.53 Å². The van der Waals surface area contributed by atoms with E-state index in [2.05, 4.69) is 5.32 Å². The molecule has 0 aliphatic carbocycles. The molecule has 3 nitrogen and oxygen atoms in total. The number of hydrogen-bond donors (Lipinski definition) is 1. The summed E-state index contributed by atoms with van der Waals surface area (Å²) in [6.45, 7) is 6.43. The molecule has 0 aliphatic heterocycles. The lowest BCUT2D eigenvalue weighted by Crippen LogP contribution is -2.23. The summed E-state index contributed by atoms with van der Waals surface area (Å²) in [5, 5.41) is 2.35. The second kappa shape index (κ2) is 7.39. The molecule has 18 heavy (non-hydrogen) atoms. The van der Waals surface area contributed by atoms with Crippen LogP contribution >= 0.6 is 11.6 Å². The number of halogens is 1. The number of rotatable bonds is 6. The van der Waals surface area contributed by atoms with E-state index in [0.717, 1.165) is 11.3 Å². The van der Waals surface area contributed by atoms with Crippen LogP contribution in [0.1, 0.15) is 38.9 Å². The van der Waals surface area contributed by atoms with Crippen molar-refractivity contribution in [1.29, 1.82) is 0 Å². The van der Waals surface area contributed by atoms with Gasteiger partial charge in [0.25, 0.3) is 0 Å². The van der Waals surface area contributed by atoms with E-state index < -0.39 is 5.38 Å². The van der Waals surface area contributed by atoms with Gasteiger partial charge >= 0.3 is 0 Å². The average Bonchev–Trinajstić information content (AvgIpc) is 2.38. The molecule has 1 rings (SSSR count). The fraction of sp³-hybridized carbons (Fsp3) is 0.500. The van der Waals surface area contributed by atoms with Crippen LogP contribution in [0.3, 0.4) is 0 Å². The Kier molecular flexibility index (Phi) is 6.16. The van der Waals surface area contributed by atoms with Crippen LogP contribution in [0.4, 0.5) is 5.69 Å². The third kappa shape index (κ3) is 4.00. The zero-order valence-corrected chi connectivity index (χ0v) is 11.8. The lowest BCUT2D eigenvalue weighted by atomic mass is 10.1. The minimum Gasteiger partial charge on any atom is -0.374 e. The van der Waals surface area contributed by atoms with Crippen molar-refractivity contribution in [2.75, 3.05) is 11.9 Å². The summed E-state index contributed by atoms with van der Waals surface area (Å²) in [4.78, 5) is 11.8. The Morgan fingerprint density at radius 1 is 1.39 bits per heavy atom. The van der Waals surface area contributed by atoms with Gasteiger partial charge in [0.15, 0.2) is 0 Å². The van der Waals surface area contributed by atoms with Crippen LogP contribution in [0.5, 0.6) is 0 Å². The fourth-order valence-corrected chi connectivity index (χ4v) is 1.76. The number of carbonyl (C=O) groups excluding carboxylic acids is 1. The zero-order valence-electron chi connectivity index (χ0n) is 11.1. The number of alkyl halides is 1. The van der Waals surface area contributed by atoms with E-state index in [-0.39, 0.29) is 12.0 Å². The fourth-order valence-electron chi connectivity index (χ4n) is 1.70. The quantitative estimate of drug-likeness (QED) is 0.799. The van der Waals surface area contributed by atoms with Gasteiger partial charge < -0.3 is 10.1 Å². The molecule has 1 aromatic rings. The van der Waals surface area contributed by atoms with Crippen LogP contribution < -0.4 is 5.32 Å². The number of nitrogens with one attached hydrogen (secondary N) is 1. The van der Waals surface area contributed by atoms with Crippen molar-refractivity contribution in [1.82, 2.24) is 0 Å². The summed E-state index contributed by atoms with van der Waals surface area (Å²) < 4.78 is 5.55. The molecule has 0 radical (unpaired) electrons. The predicted molar refractivity (Wildman–Crippen MR) is 75.0 cm³/mol. The number of hydrogen-bond acceptors (Lipinski definition) is 2. The Labute approximate surface area is 113 Å². The van der Waals surface area contributed by atoms with Gasteiger partial charge in [-0.25, -0.2) is 0 Å². The molecule has 1 N–H and O–H groups in total. The van der Waals surface area contributed by atoms with Crippen molar-refractivity contribution in [2.24, 2.45) is 0 Å². The van der Waals surface area contributed by atoms with E-state index in [1.54, 1.807) is 0 Å². The molecule has 0 spiro atoms. The van der Waals surface area contributed by atoms with Gasteiger partial charge in [0.05, 0.1) is 6.10 Å². The van der Waals surface area contributed by atoms with Crippen molar-refractivity contribution in [3.8, 4) is 0 Å². The highest BCUT2D eigenvalue weighted by atomic mass is 35.5. The molecule has 0 heterocycles. The molecule has 0 aliphatic rings. The lowest BCUT2D eigenvalue weighted by Gasteiger charge is -2.17. The molecule has 100 valence electrons. The highest BCUT2D eigenvalue weighted by Gasteiger charge is 2.16. The van der Waals surface area contributed by atoms with Crippen molar-refractivity contribution >= 4 is 23.2 Å². The summed E-state index contributed by atoms with van der Waals surface area (Å²) in [6.07, 6.45) is 0.554. The topological polar surface area (TPSA) is 38.3 Å². The highest BCUT2D eigenvalue weighted by Crippen LogP contribution is 2.25. The third-order valence-electron chi connectivity index (χ3n) is 2.72. The van der Waals surface area contributed by atoms with Crippen molar-refractivity contribution in [3.05, 3.63) is 29.8 Å². The van der Waals surface area contributed by atoms with Crippen LogP contribution in [0.25, 0.3) is 0 Å². The van der Waals surface area contributed by atoms with Gasteiger partial charge in [-0.05, 0) is 26.3 Å². The molecule has 1 amide bonds. The Bertz CT molecular complexity index is 395. The molecule has 2 unspecified atom stereocenters. The molecule has 2 atom stereocenters. The largest absolute Gasteiger partial charge is 0.374 e. The maximum Gasteiger partial charge on any atom is 0.242 e. The number of carbonyl (C=O) groups is 1. The lowest BCUT2D eigenvalue weighted by molar-refractivity contribution is -0.115. The second-order valence-corrected chi connectivity index (χ2v) is 4.58. The first-order valence-electron chi connectivity index (χ1n) is 6.25. The van der Waals surface area contributed by atoms with E-state index in [1.165, 1.54) is 0 Å².